The number of alkyl halides is 6. The topological polar surface area (TPSA) is 43.4 Å². The molecule has 11 heteroatoms. The van der Waals surface area contributed by atoms with Crippen LogP contribution in [0.5, 0.6) is 0 Å². The highest BCUT2D eigenvalue weighted by atomic mass is 79.9. The van der Waals surface area contributed by atoms with Crippen LogP contribution in [0, 0.1) is 0 Å². The second kappa shape index (κ2) is 5.85. The lowest BCUT2D eigenvalue weighted by Gasteiger charge is -2.33. The molecule has 22 heavy (non-hydrogen) atoms. The molecular formula is C11H7BrF6O3S. The van der Waals surface area contributed by atoms with Crippen molar-refractivity contribution >= 4 is 26.0 Å². The molecule has 0 fully saturated rings. The lowest BCUT2D eigenvalue weighted by molar-refractivity contribution is -0.336. The van der Waals surface area contributed by atoms with Crippen molar-refractivity contribution in [2.24, 2.45) is 0 Å². The van der Waals surface area contributed by atoms with Crippen LogP contribution in [0.25, 0.3) is 0 Å². The van der Waals surface area contributed by atoms with Crippen LogP contribution >= 0.6 is 15.9 Å². The smallest absolute Gasteiger partial charge is 0.236 e. The standard InChI is InChI=1S/C11H7BrF6O3S/c1-2-9(10(13,14)15,11(16,17)18)21-22(19,20)8-5-3-7(12)4-6-8/h2-6H,1H2. The summed E-state index contributed by atoms with van der Waals surface area (Å²) >= 11 is 2.94. The van der Waals surface area contributed by atoms with Gasteiger partial charge in [-0.25, -0.2) is 4.18 Å². The van der Waals surface area contributed by atoms with Crippen LogP contribution in [0.2, 0.25) is 0 Å². The van der Waals surface area contributed by atoms with Gasteiger partial charge < -0.3 is 0 Å². The van der Waals surface area contributed by atoms with Gasteiger partial charge in [0.05, 0.1) is 4.90 Å². The summed E-state index contributed by atoms with van der Waals surface area (Å²) in [6.07, 6.45) is -12.8. The van der Waals surface area contributed by atoms with E-state index in [2.05, 4.69) is 26.7 Å². The summed E-state index contributed by atoms with van der Waals surface area (Å²) in [4.78, 5) is -0.865. The molecule has 124 valence electrons. The van der Waals surface area contributed by atoms with Crippen LogP contribution in [0.3, 0.4) is 0 Å². The minimum atomic E-state index is -6.07. The van der Waals surface area contributed by atoms with Gasteiger partial charge in [0.1, 0.15) is 0 Å². The van der Waals surface area contributed by atoms with Gasteiger partial charge in [0.15, 0.2) is 0 Å². The quantitative estimate of drug-likeness (QED) is 0.422. The highest BCUT2D eigenvalue weighted by molar-refractivity contribution is 9.10. The molecule has 1 rings (SSSR count). The van der Waals surface area contributed by atoms with Crippen molar-refractivity contribution in [2.75, 3.05) is 0 Å². The van der Waals surface area contributed by atoms with Gasteiger partial charge >= 0.3 is 12.4 Å². The normalized spacial score (nSPS) is 14.0. The predicted molar refractivity (Wildman–Crippen MR) is 67.5 cm³/mol. The van der Waals surface area contributed by atoms with E-state index in [0.29, 0.717) is 4.47 Å². The molecule has 0 aliphatic carbocycles. The van der Waals surface area contributed by atoms with E-state index in [4.69, 9.17) is 0 Å². The zero-order chi connectivity index (χ0) is 17.4. The van der Waals surface area contributed by atoms with Gasteiger partial charge in [0.2, 0.25) is 0 Å². The SMILES string of the molecule is C=CC(OS(=O)(=O)c1ccc(Br)cc1)(C(F)(F)F)C(F)(F)F. The molecule has 0 bridgehead atoms. The second-order valence-corrected chi connectivity index (χ2v) is 6.39. The Bertz CT molecular complexity index is 634. The number of benzene rings is 1. The maximum Gasteiger partial charge on any atom is 0.431 e. The van der Waals surface area contributed by atoms with E-state index in [-0.39, 0.29) is 0 Å². The first-order valence-electron chi connectivity index (χ1n) is 5.25. The molecule has 0 radical (unpaired) electrons. The molecule has 0 atom stereocenters. The van der Waals surface area contributed by atoms with Gasteiger partial charge in [-0.1, -0.05) is 22.5 Å². The monoisotopic (exact) mass is 412 g/mol. The van der Waals surface area contributed by atoms with Crippen molar-refractivity contribution in [3.05, 3.63) is 41.4 Å². The Balaban J connectivity index is 3.42. The molecule has 1 aromatic carbocycles. The molecule has 0 spiro atoms. The first-order chi connectivity index (χ1) is 9.77. The molecule has 3 nitrogen and oxygen atoms in total. The van der Waals surface area contributed by atoms with Crippen molar-refractivity contribution < 1.29 is 38.9 Å². The fourth-order valence-corrected chi connectivity index (χ4v) is 2.78. The van der Waals surface area contributed by atoms with Crippen molar-refractivity contribution in [3.63, 3.8) is 0 Å². The van der Waals surface area contributed by atoms with E-state index in [1.165, 1.54) is 0 Å². The van der Waals surface area contributed by atoms with Crippen LogP contribution in [-0.2, 0) is 14.3 Å². The van der Waals surface area contributed by atoms with E-state index in [1.54, 1.807) is 0 Å². The molecule has 1 aromatic rings. The van der Waals surface area contributed by atoms with Gasteiger partial charge in [-0.2, -0.15) is 34.8 Å². The largest absolute Gasteiger partial charge is 0.431 e. The molecular weight excluding hydrogens is 406 g/mol. The first kappa shape index (κ1) is 19.0. The molecule has 0 N–H and O–H groups in total. The molecule has 0 aliphatic heterocycles. The summed E-state index contributed by atoms with van der Waals surface area (Å²) in [7, 11) is -5.35. The predicted octanol–water partition coefficient (Wildman–Crippen LogP) is 4.20. The highest BCUT2D eigenvalue weighted by Crippen LogP contribution is 2.48. The Morgan fingerprint density at radius 2 is 1.41 bits per heavy atom. The summed E-state index contributed by atoms with van der Waals surface area (Å²) in [6.45, 7) is 2.42. The zero-order valence-electron chi connectivity index (χ0n) is 10.4. The van der Waals surface area contributed by atoms with Gasteiger partial charge in [-0.15, -0.1) is 0 Å². The van der Waals surface area contributed by atoms with E-state index in [1.807, 2.05) is 0 Å². The molecule has 0 heterocycles. The van der Waals surface area contributed by atoms with E-state index in [0.717, 1.165) is 24.3 Å². The summed E-state index contributed by atoms with van der Waals surface area (Å²) in [5, 5.41) is 0. The molecule has 0 saturated carbocycles. The lowest BCUT2D eigenvalue weighted by atomic mass is 10.0. The van der Waals surface area contributed by atoms with Crippen molar-refractivity contribution in [3.8, 4) is 0 Å². The van der Waals surface area contributed by atoms with Crippen LogP contribution < -0.4 is 0 Å². The van der Waals surface area contributed by atoms with Crippen LogP contribution in [0.1, 0.15) is 0 Å². The van der Waals surface area contributed by atoms with Gasteiger partial charge in [0, 0.05) is 4.47 Å². The van der Waals surface area contributed by atoms with E-state index >= 15 is 0 Å². The van der Waals surface area contributed by atoms with Crippen LogP contribution in [0.15, 0.2) is 46.3 Å². The maximum atomic E-state index is 12.8. The fourth-order valence-electron chi connectivity index (χ4n) is 1.34. The molecule has 0 aromatic heterocycles. The number of rotatable bonds is 4. The minimum absolute atomic E-state index is 0.369. The number of hydrogen-bond donors (Lipinski definition) is 0. The Kier molecular flexibility index (Phi) is 5.05. The Morgan fingerprint density at radius 3 is 1.73 bits per heavy atom. The third kappa shape index (κ3) is 3.46. The Morgan fingerprint density at radius 1 is 1.00 bits per heavy atom. The molecule has 0 saturated heterocycles. The third-order valence-electron chi connectivity index (χ3n) is 2.47. The number of hydrogen-bond acceptors (Lipinski definition) is 3. The highest BCUT2D eigenvalue weighted by Gasteiger charge is 2.72. The average Bonchev–Trinajstić information content (AvgIpc) is 2.33. The number of halogens is 7. The fraction of sp³-hybridized carbons (Fsp3) is 0.273. The van der Waals surface area contributed by atoms with Gasteiger partial charge in [0.25, 0.3) is 15.7 Å². The molecule has 0 aliphatic rings. The summed E-state index contributed by atoms with van der Waals surface area (Å²) in [6, 6.07) is 3.82. The second-order valence-electron chi connectivity index (χ2n) is 3.93. The zero-order valence-corrected chi connectivity index (χ0v) is 12.8. The molecule has 0 unspecified atom stereocenters. The average molecular weight is 413 g/mol. The first-order valence-corrected chi connectivity index (χ1v) is 7.45. The maximum absolute atomic E-state index is 12.8. The van der Waals surface area contributed by atoms with Gasteiger partial charge in [-0.05, 0) is 30.3 Å². The summed E-state index contributed by atoms with van der Waals surface area (Å²) in [5.41, 5.74) is -5.04. The minimum Gasteiger partial charge on any atom is -0.236 e. The van der Waals surface area contributed by atoms with Crippen molar-refractivity contribution in [2.45, 2.75) is 22.8 Å². The van der Waals surface area contributed by atoms with Crippen LogP contribution in [0.4, 0.5) is 26.3 Å². The van der Waals surface area contributed by atoms with Crippen molar-refractivity contribution in [1.29, 1.82) is 0 Å². The Labute approximate surface area is 129 Å². The Hall–Kier alpha value is -1.07. The van der Waals surface area contributed by atoms with E-state index < -0.39 is 39.0 Å². The lowest BCUT2D eigenvalue weighted by Crippen LogP contribution is -2.58. The van der Waals surface area contributed by atoms with E-state index in [9.17, 15) is 34.8 Å². The van der Waals surface area contributed by atoms with Crippen LogP contribution in [-0.4, -0.2) is 26.4 Å². The summed E-state index contributed by atoms with van der Waals surface area (Å²) < 4.78 is 104. The summed E-state index contributed by atoms with van der Waals surface area (Å²) in [5.74, 6) is 0. The molecule has 0 amide bonds. The van der Waals surface area contributed by atoms with Gasteiger partial charge in [-0.3, -0.25) is 0 Å². The third-order valence-corrected chi connectivity index (χ3v) is 4.33. The van der Waals surface area contributed by atoms with Crippen molar-refractivity contribution in [1.82, 2.24) is 0 Å².